The summed E-state index contributed by atoms with van der Waals surface area (Å²) >= 11 is 1.76. The second-order valence-electron chi connectivity index (χ2n) is 5.51. The molecule has 0 unspecified atom stereocenters. The van der Waals surface area contributed by atoms with Crippen molar-refractivity contribution in [2.45, 2.75) is 5.75 Å². The van der Waals surface area contributed by atoms with E-state index in [9.17, 15) is 9.59 Å². The van der Waals surface area contributed by atoms with E-state index in [-0.39, 0.29) is 11.9 Å². The van der Waals surface area contributed by atoms with Gasteiger partial charge >= 0.3 is 6.03 Å². The van der Waals surface area contributed by atoms with Gasteiger partial charge in [0.2, 0.25) is 0 Å². The van der Waals surface area contributed by atoms with Gasteiger partial charge in [-0.1, -0.05) is 12.1 Å². The van der Waals surface area contributed by atoms with E-state index in [0.717, 1.165) is 17.1 Å². The smallest absolute Gasteiger partial charge is 0.321 e. The van der Waals surface area contributed by atoms with Gasteiger partial charge in [-0.25, -0.2) is 4.79 Å². The third-order valence-corrected chi connectivity index (χ3v) is 4.44. The number of rotatable bonds is 5. The molecule has 2 aromatic carbocycles. The van der Waals surface area contributed by atoms with Crippen LogP contribution >= 0.6 is 11.8 Å². The minimum atomic E-state index is -0.162. The van der Waals surface area contributed by atoms with Gasteiger partial charge in [0.1, 0.15) is 0 Å². The van der Waals surface area contributed by atoms with Gasteiger partial charge < -0.3 is 10.6 Å². The van der Waals surface area contributed by atoms with Crippen LogP contribution in [-0.4, -0.2) is 31.3 Å². The summed E-state index contributed by atoms with van der Waals surface area (Å²) in [6.07, 6.45) is 2.06. The maximum absolute atomic E-state index is 12.3. The van der Waals surface area contributed by atoms with Gasteiger partial charge in [0, 0.05) is 35.8 Å². The van der Waals surface area contributed by atoms with E-state index in [1.807, 2.05) is 24.3 Å². The van der Waals surface area contributed by atoms with Gasteiger partial charge in [0.25, 0.3) is 5.91 Å². The molecule has 2 N–H and O–H groups in total. The fraction of sp³-hybridized carbons (Fsp3) is 0.222. The van der Waals surface area contributed by atoms with E-state index in [0.29, 0.717) is 18.7 Å². The third kappa shape index (κ3) is 3.71. The third-order valence-electron chi connectivity index (χ3n) is 3.82. The van der Waals surface area contributed by atoms with Gasteiger partial charge in [0.05, 0.1) is 0 Å². The molecular formula is C18H19N3O2S. The first-order valence-corrected chi connectivity index (χ1v) is 9.11. The molecule has 1 aliphatic heterocycles. The maximum atomic E-state index is 12.3. The first-order chi connectivity index (χ1) is 11.7. The minimum Gasteiger partial charge on any atom is -0.336 e. The number of nitrogens with one attached hydrogen (secondary N) is 2. The van der Waals surface area contributed by atoms with Crippen molar-refractivity contribution in [3.05, 3.63) is 59.7 Å². The molecule has 0 bridgehead atoms. The highest BCUT2D eigenvalue weighted by atomic mass is 32.2. The first kappa shape index (κ1) is 16.4. The molecule has 1 fully saturated rings. The van der Waals surface area contributed by atoms with Crippen molar-refractivity contribution < 1.29 is 9.59 Å². The molecule has 3 amide bonds. The van der Waals surface area contributed by atoms with Crippen LogP contribution in [0, 0.1) is 0 Å². The first-order valence-electron chi connectivity index (χ1n) is 7.72. The van der Waals surface area contributed by atoms with Crippen LogP contribution in [0.3, 0.4) is 0 Å². The summed E-state index contributed by atoms with van der Waals surface area (Å²) < 4.78 is 0. The molecule has 5 nitrogen and oxygen atoms in total. The number of thioether (sulfide) groups is 1. The number of urea groups is 1. The maximum Gasteiger partial charge on any atom is 0.321 e. The van der Waals surface area contributed by atoms with Crippen molar-refractivity contribution in [3.8, 4) is 0 Å². The highest BCUT2D eigenvalue weighted by Crippen LogP contribution is 2.19. The summed E-state index contributed by atoms with van der Waals surface area (Å²) in [6.45, 7) is 1.29. The van der Waals surface area contributed by atoms with E-state index >= 15 is 0 Å². The molecule has 124 valence electrons. The lowest BCUT2D eigenvalue weighted by Gasteiger charge is -2.14. The summed E-state index contributed by atoms with van der Waals surface area (Å²) in [5, 5.41) is 5.64. The summed E-state index contributed by atoms with van der Waals surface area (Å²) in [6, 6.07) is 14.8. The van der Waals surface area contributed by atoms with Crippen LogP contribution in [0.1, 0.15) is 15.9 Å². The Hall–Kier alpha value is -2.47. The summed E-state index contributed by atoms with van der Waals surface area (Å²) in [7, 11) is 0. The van der Waals surface area contributed by atoms with Crippen molar-refractivity contribution in [2.24, 2.45) is 0 Å². The molecule has 1 heterocycles. The van der Waals surface area contributed by atoms with Crippen LogP contribution in [0.2, 0.25) is 0 Å². The fourth-order valence-electron chi connectivity index (χ4n) is 2.56. The van der Waals surface area contributed by atoms with Crippen LogP contribution in [0.25, 0.3) is 0 Å². The second-order valence-corrected chi connectivity index (χ2v) is 6.38. The largest absolute Gasteiger partial charge is 0.336 e. The van der Waals surface area contributed by atoms with Crippen LogP contribution in [-0.2, 0) is 5.75 Å². The predicted octanol–water partition coefficient (Wildman–Crippen LogP) is 3.33. The number of nitrogens with zero attached hydrogens (tertiary/aromatic N) is 1. The monoisotopic (exact) mass is 341 g/mol. The topological polar surface area (TPSA) is 61.4 Å². The fourth-order valence-corrected chi connectivity index (χ4v) is 3.09. The zero-order valence-electron chi connectivity index (χ0n) is 13.4. The number of hydrogen-bond acceptors (Lipinski definition) is 3. The number of amides is 3. The summed E-state index contributed by atoms with van der Waals surface area (Å²) in [4.78, 5) is 25.6. The number of hydrogen-bond donors (Lipinski definition) is 2. The molecular weight excluding hydrogens is 322 g/mol. The van der Waals surface area contributed by atoms with Gasteiger partial charge in [0.15, 0.2) is 0 Å². The summed E-state index contributed by atoms with van der Waals surface area (Å²) in [5.74, 6) is 0.796. The van der Waals surface area contributed by atoms with Gasteiger partial charge in [-0.3, -0.25) is 9.69 Å². The lowest BCUT2D eigenvalue weighted by Crippen LogP contribution is -2.27. The van der Waals surface area contributed by atoms with Gasteiger partial charge in [-0.05, 0) is 48.2 Å². The molecule has 2 aromatic rings. The number of benzene rings is 2. The van der Waals surface area contributed by atoms with Crippen molar-refractivity contribution in [1.82, 2.24) is 5.32 Å². The van der Waals surface area contributed by atoms with Crippen molar-refractivity contribution in [1.29, 1.82) is 0 Å². The predicted molar refractivity (Wildman–Crippen MR) is 98.8 cm³/mol. The molecule has 24 heavy (non-hydrogen) atoms. The van der Waals surface area contributed by atoms with Crippen molar-refractivity contribution in [2.75, 3.05) is 29.6 Å². The SMILES string of the molecule is CSCc1ccc(NC(=O)c2ccc(N3CCNC3=O)cc2)cc1. The average Bonchev–Trinajstić information content (AvgIpc) is 3.03. The van der Waals surface area contributed by atoms with Crippen LogP contribution in [0.15, 0.2) is 48.5 Å². The van der Waals surface area contributed by atoms with Crippen LogP contribution < -0.4 is 15.5 Å². The minimum absolute atomic E-state index is 0.0995. The number of carbonyl (C=O) groups excluding carboxylic acids is 2. The quantitative estimate of drug-likeness (QED) is 0.877. The highest BCUT2D eigenvalue weighted by molar-refractivity contribution is 7.97. The molecule has 0 aromatic heterocycles. The highest BCUT2D eigenvalue weighted by Gasteiger charge is 2.21. The number of carbonyl (C=O) groups is 2. The average molecular weight is 341 g/mol. The van der Waals surface area contributed by atoms with Crippen LogP contribution in [0.4, 0.5) is 16.2 Å². The molecule has 6 heteroatoms. The Labute approximate surface area is 145 Å². The molecule has 3 rings (SSSR count). The summed E-state index contributed by atoms with van der Waals surface area (Å²) in [5.41, 5.74) is 3.36. The van der Waals surface area contributed by atoms with Gasteiger partial charge in [-0.15, -0.1) is 0 Å². The molecule has 1 aliphatic rings. The van der Waals surface area contributed by atoms with Crippen molar-refractivity contribution >= 4 is 35.1 Å². The Bertz CT molecular complexity index is 729. The molecule has 0 atom stereocenters. The zero-order chi connectivity index (χ0) is 16.9. The molecule has 0 spiro atoms. The van der Waals surface area contributed by atoms with Crippen LogP contribution in [0.5, 0.6) is 0 Å². The molecule has 0 aliphatic carbocycles. The molecule has 0 radical (unpaired) electrons. The Morgan fingerprint density at radius 3 is 2.46 bits per heavy atom. The van der Waals surface area contributed by atoms with Crippen molar-refractivity contribution in [3.63, 3.8) is 0 Å². The lowest BCUT2D eigenvalue weighted by atomic mass is 10.1. The Kier molecular flexibility index (Phi) is 5.05. The van der Waals surface area contributed by atoms with E-state index in [1.165, 1.54) is 5.56 Å². The van der Waals surface area contributed by atoms with Gasteiger partial charge in [-0.2, -0.15) is 11.8 Å². The Morgan fingerprint density at radius 2 is 1.88 bits per heavy atom. The normalized spacial score (nSPS) is 13.7. The van der Waals surface area contributed by atoms with E-state index in [4.69, 9.17) is 0 Å². The lowest BCUT2D eigenvalue weighted by molar-refractivity contribution is 0.102. The standard InChI is InChI=1S/C18H19N3O2S/c1-24-12-13-2-6-15(7-3-13)20-17(22)14-4-8-16(9-5-14)21-11-10-19-18(21)23/h2-9H,10-12H2,1H3,(H,19,23)(H,20,22). The van der Waals surface area contributed by atoms with E-state index < -0.39 is 0 Å². The Morgan fingerprint density at radius 1 is 1.17 bits per heavy atom. The zero-order valence-corrected chi connectivity index (χ0v) is 14.2. The Balaban J connectivity index is 1.65. The molecule has 1 saturated heterocycles. The number of anilines is 2. The van der Waals surface area contributed by atoms with E-state index in [1.54, 1.807) is 40.9 Å². The second kappa shape index (κ2) is 7.40. The van der Waals surface area contributed by atoms with E-state index in [2.05, 4.69) is 16.9 Å². The molecule has 0 saturated carbocycles.